The van der Waals surface area contributed by atoms with E-state index in [0.717, 1.165) is 40.2 Å². The third kappa shape index (κ3) is 2.63. The smallest absolute Gasteiger partial charge is 0.0732 e. The van der Waals surface area contributed by atoms with E-state index < -0.39 is 0 Å². The van der Waals surface area contributed by atoms with Crippen LogP contribution in [0.3, 0.4) is 0 Å². The summed E-state index contributed by atoms with van der Waals surface area (Å²) in [5.74, 6) is 4.90. The highest BCUT2D eigenvalue weighted by Gasteiger charge is 2.61. The number of hydrogen-bond acceptors (Lipinski definition) is 4. The van der Waals surface area contributed by atoms with E-state index in [9.17, 15) is 5.11 Å². The molecule has 0 radical (unpaired) electrons. The first-order valence-electron chi connectivity index (χ1n) is 10.5. The second-order valence-electron chi connectivity index (χ2n) is 9.10. The first kappa shape index (κ1) is 17.8. The monoisotopic (exact) mass is 385 g/mol. The average Bonchev–Trinajstić information content (AvgIpc) is 3.27. The summed E-state index contributed by atoms with van der Waals surface area (Å²) in [6.45, 7) is 2.20. The summed E-state index contributed by atoms with van der Waals surface area (Å²) in [5, 5.41) is 17.8. The molecule has 27 heavy (non-hydrogen) atoms. The number of allylic oxidation sites excluding steroid dienone is 1. The maximum atomic E-state index is 10.8. The van der Waals surface area contributed by atoms with Gasteiger partial charge in [0.15, 0.2) is 0 Å². The number of fused-ring (bicyclic) bond motifs is 1. The second-order valence-corrected chi connectivity index (χ2v) is 10.3. The van der Waals surface area contributed by atoms with Gasteiger partial charge in [-0.05, 0) is 68.0 Å². The zero-order valence-corrected chi connectivity index (χ0v) is 17.6. The van der Waals surface area contributed by atoms with Crippen molar-refractivity contribution < 1.29 is 5.11 Å². The molecule has 2 heterocycles. The van der Waals surface area contributed by atoms with Crippen LogP contribution in [-0.4, -0.2) is 41.5 Å². The maximum absolute atomic E-state index is 10.8. The summed E-state index contributed by atoms with van der Waals surface area (Å²) < 4.78 is 0. The van der Waals surface area contributed by atoms with E-state index in [1.54, 1.807) is 0 Å². The Morgan fingerprint density at radius 3 is 2.96 bits per heavy atom. The molecule has 0 saturated heterocycles. The van der Waals surface area contributed by atoms with E-state index in [1.165, 1.54) is 29.0 Å². The Balaban J connectivity index is 1.54. The Bertz CT molecular complexity index is 766. The van der Waals surface area contributed by atoms with Crippen LogP contribution in [0.2, 0.25) is 0 Å². The van der Waals surface area contributed by atoms with Crippen LogP contribution in [0.1, 0.15) is 39.0 Å². The highest BCUT2D eigenvalue weighted by atomic mass is 31.1. The van der Waals surface area contributed by atoms with Crippen LogP contribution in [0.15, 0.2) is 46.7 Å². The van der Waals surface area contributed by atoms with Crippen molar-refractivity contribution >= 4 is 8.58 Å². The first-order valence-corrected chi connectivity index (χ1v) is 11.7. The molecule has 7 atom stereocenters. The molecule has 0 spiro atoms. The molecule has 2 aliphatic heterocycles. The number of aliphatic hydroxyl groups is 1. The van der Waals surface area contributed by atoms with Crippen LogP contribution in [0.25, 0.3) is 0 Å². The predicted molar refractivity (Wildman–Crippen MR) is 112 cm³/mol. The Morgan fingerprint density at radius 2 is 2.22 bits per heavy atom. The fourth-order valence-corrected chi connectivity index (χ4v) is 8.02. The third-order valence-corrected chi connectivity index (χ3v) is 8.83. The first-order chi connectivity index (χ1) is 13.0. The summed E-state index contributed by atoms with van der Waals surface area (Å²) >= 11 is 0. The highest BCUT2D eigenvalue weighted by molar-refractivity contribution is 7.43. The fourth-order valence-electron chi connectivity index (χ4n) is 6.79. The quantitative estimate of drug-likeness (QED) is 0.636. The molecular weight excluding hydrogens is 353 g/mol. The standard InChI is InChI=1S/C22H32N3OP/c1-4-5-18(23-2)17-12-27-21-15(6-7-24-21)20(17)25(3)19-14-8-13-9-22(26,10-14)11-16(13)19/h5-7,12-14,16,19,21,23-24,26-27H,4,8-11H2,1-3H3/b18-5+/t13?,14?,16?,19-,21?,22+/m1/s1. The molecule has 0 amide bonds. The molecule has 0 aromatic rings. The lowest BCUT2D eigenvalue weighted by atomic mass is 9.75. The van der Waals surface area contributed by atoms with Crippen molar-refractivity contribution in [2.45, 2.75) is 56.5 Å². The van der Waals surface area contributed by atoms with Crippen molar-refractivity contribution in [3.05, 3.63) is 46.7 Å². The maximum Gasteiger partial charge on any atom is 0.0732 e. The van der Waals surface area contributed by atoms with Crippen LogP contribution in [0.5, 0.6) is 0 Å². The van der Waals surface area contributed by atoms with E-state index in [4.69, 9.17) is 0 Å². The van der Waals surface area contributed by atoms with E-state index >= 15 is 0 Å². The summed E-state index contributed by atoms with van der Waals surface area (Å²) in [4.78, 5) is 2.61. The Kier molecular flexibility index (Phi) is 4.22. The van der Waals surface area contributed by atoms with Gasteiger partial charge in [0.1, 0.15) is 0 Å². The molecule has 0 aromatic carbocycles. The lowest BCUT2D eigenvalue weighted by Gasteiger charge is -2.45. The van der Waals surface area contributed by atoms with Gasteiger partial charge in [-0.2, -0.15) is 0 Å². The van der Waals surface area contributed by atoms with Crippen LogP contribution < -0.4 is 10.6 Å². The summed E-state index contributed by atoms with van der Waals surface area (Å²) in [6, 6.07) is 0.569. The lowest BCUT2D eigenvalue weighted by molar-refractivity contribution is -0.0310. The van der Waals surface area contributed by atoms with Crippen molar-refractivity contribution in [3.8, 4) is 0 Å². The molecule has 4 fully saturated rings. The number of likely N-dealkylation sites (N-methyl/N-ethyl adjacent to an activating group) is 2. The molecule has 6 aliphatic rings. The number of nitrogens with zero attached hydrogens (tertiary/aromatic N) is 1. The number of hydrogen-bond donors (Lipinski definition) is 3. The summed E-state index contributed by atoms with van der Waals surface area (Å²) in [7, 11) is 5.12. The van der Waals surface area contributed by atoms with Gasteiger partial charge in [0, 0.05) is 37.0 Å². The molecule has 146 valence electrons. The molecular formula is C22H32N3OP. The van der Waals surface area contributed by atoms with Crippen molar-refractivity contribution in [2.75, 3.05) is 14.1 Å². The zero-order valence-electron chi connectivity index (χ0n) is 16.6. The Hall–Kier alpha value is -1.25. The third-order valence-electron chi connectivity index (χ3n) is 7.56. The SMILES string of the molecule is CC/C=C(/NC)C1=CPC2NC=CC2=C1N(C)[C@@H]1C2CC3C[C@](O)(C2)CC31. The largest absolute Gasteiger partial charge is 0.390 e. The number of rotatable bonds is 5. The van der Waals surface area contributed by atoms with Crippen molar-refractivity contribution in [1.82, 2.24) is 15.5 Å². The molecule has 4 aliphatic carbocycles. The van der Waals surface area contributed by atoms with E-state index in [-0.39, 0.29) is 5.60 Å². The average molecular weight is 385 g/mol. The predicted octanol–water partition coefficient (Wildman–Crippen LogP) is 3.25. The molecule has 0 aromatic heterocycles. The van der Waals surface area contributed by atoms with Gasteiger partial charge in [-0.25, -0.2) is 0 Å². The minimum absolute atomic E-state index is 0.352. The molecule has 4 saturated carbocycles. The molecule has 5 heteroatoms. The van der Waals surface area contributed by atoms with Crippen molar-refractivity contribution in [1.29, 1.82) is 0 Å². The topological polar surface area (TPSA) is 47.5 Å². The molecule has 4 nitrogen and oxygen atoms in total. The minimum Gasteiger partial charge on any atom is -0.390 e. The van der Waals surface area contributed by atoms with Gasteiger partial charge in [0.2, 0.25) is 0 Å². The van der Waals surface area contributed by atoms with Crippen LogP contribution >= 0.6 is 8.58 Å². The van der Waals surface area contributed by atoms with E-state index in [0.29, 0.717) is 23.7 Å². The lowest BCUT2D eigenvalue weighted by Crippen LogP contribution is -2.47. The van der Waals surface area contributed by atoms with Gasteiger partial charge >= 0.3 is 0 Å². The summed E-state index contributed by atoms with van der Waals surface area (Å²) in [6.07, 6.45) is 12.1. The van der Waals surface area contributed by atoms with Gasteiger partial charge in [-0.3, -0.25) is 0 Å². The van der Waals surface area contributed by atoms with Gasteiger partial charge in [-0.15, -0.1) is 0 Å². The van der Waals surface area contributed by atoms with E-state index in [1.807, 2.05) is 7.05 Å². The van der Waals surface area contributed by atoms with E-state index in [2.05, 4.69) is 53.7 Å². The molecule has 5 unspecified atom stereocenters. The van der Waals surface area contributed by atoms with Crippen LogP contribution in [0, 0.1) is 17.8 Å². The van der Waals surface area contributed by atoms with Gasteiger partial charge in [0.25, 0.3) is 0 Å². The van der Waals surface area contributed by atoms with Gasteiger partial charge < -0.3 is 20.6 Å². The van der Waals surface area contributed by atoms with Crippen LogP contribution in [-0.2, 0) is 0 Å². The second kappa shape index (κ2) is 6.39. The zero-order chi connectivity index (χ0) is 18.8. The Labute approximate surface area is 164 Å². The van der Waals surface area contributed by atoms with Crippen molar-refractivity contribution in [3.63, 3.8) is 0 Å². The van der Waals surface area contributed by atoms with Gasteiger partial charge in [-0.1, -0.05) is 21.6 Å². The Morgan fingerprint density at radius 1 is 1.41 bits per heavy atom. The normalized spacial score (nSPS) is 42.6. The molecule has 4 bridgehead atoms. The fraction of sp³-hybridized carbons (Fsp3) is 0.636. The molecule has 6 rings (SSSR count). The summed E-state index contributed by atoms with van der Waals surface area (Å²) in [5.41, 5.74) is 5.12. The minimum atomic E-state index is -0.352. The highest BCUT2D eigenvalue weighted by Crippen LogP contribution is 2.62. The van der Waals surface area contributed by atoms with Gasteiger partial charge in [0.05, 0.1) is 17.1 Å². The van der Waals surface area contributed by atoms with Crippen LogP contribution in [0.4, 0.5) is 0 Å². The molecule has 3 N–H and O–H groups in total. The van der Waals surface area contributed by atoms with Crippen molar-refractivity contribution in [2.24, 2.45) is 17.8 Å². The number of nitrogens with one attached hydrogen (secondary N) is 2.